The van der Waals surface area contributed by atoms with E-state index in [1.165, 1.54) is 17.0 Å². The van der Waals surface area contributed by atoms with Crippen molar-refractivity contribution < 1.29 is 14.0 Å². The quantitative estimate of drug-likeness (QED) is 0.807. The number of likely N-dealkylation sites (N-methyl/N-ethyl adjacent to an activating group) is 2. The van der Waals surface area contributed by atoms with Gasteiger partial charge in [-0.05, 0) is 36.9 Å². The summed E-state index contributed by atoms with van der Waals surface area (Å²) in [5.74, 6) is -0.764. The number of nitrogens with one attached hydrogen (secondary N) is 1. The van der Waals surface area contributed by atoms with Crippen molar-refractivity contribution in [1.29, 1.82) is 0 Å². The van der Waals surface area contributed by atoms with Gasteiger partial charge in [-0.15, -0.1) is 0 Å². The molecule has 0 aliphatic carbocycles. The second-order valence-electron chi connectivity index (χ2n) is 6.08. The Kier molecular flexibility index (Phi) is 7.12. The van der Waals surface area contributed by atoms with Crippen LogP contribution in [-0.2, 0) is 16.1 Å². The largest absolute Gasteiger partial charge is 0.340 e. The van der Waals surface area contributed by atoms with Gasteiger partial charge in [0.25, 0.3) is 0 Å². The molecule has 0 spiro atoms. The summed E-state index contributed by atoms with van der Waals surface area (Å²) >= 11 is 6.00. The molecule has 0 saturated heterocycles. The van der Waals surface area contributed by atoms with Gasteiger partial charge in [-0.1, -0.05) is 35.9 Å². The van der Waals surface area contributed by atoms with Gasteiger partial charge in [0.05, 0.1) is 23.8 Å². The highest BCUT2D eigenvalue weighted by atomic mass is 35.5. The van der Waals surface area contributed by atoms with E-state index in [1.54, 1.807) is 55.4 Å². The van der Waals surface area contributed by atoms with Crippen molar-refractivity contribution in [1.82, 2.24) is 9.80 Å². The minimum Gasteiger partial charge on any atom is -0.340 e. The fourth-order valence-electron chi connectivity index (χ4n) is 2.40. The SMILES string of the molecule is CN(CC(=O)Nc1ccccc1Cl)CC(=O)N(C)Cc1cccc(F)c1. The topological polar surface area (TPSA) is 52.7 Å². The van der Waals surface area contributed by atoms with Gasteiger partial charge in [-0.2, -0.15) is 0 Å². The molecule has 2 rings (SSSR count). The van der Waals surface area contributed by atoms with Gasteiger partial charge < -0.3 is 10.2 Å². The minimum atomic E-state index is -0.336. The normalized spacial score (nSPS) is 10.7. The Morgan fingerprint density at radius 2 is 1.81 bits per heavy atom. The van der Waals surface area contributed by atoms with Crippen molar-refractivity contribution in [2.45, 2.75) is 6.54 Å². The molecule has 0 aromatic heterocycles. The predicted octanol–water partition coefficient (Wildman–Crippen LogP) is 3.01. The summed E-state index contributed by atoms with van der Waals surface area (Å²) in [6.07, 6.45) is 0. The minimum absolute atomic E-state index is 0.0464. The smallest absolute Gasteiger partial charge is 0.238 e. The first-order chi connectivity index (χ1) is 12.3. The first-order valence-electron chi connectivity index (χ1n) is 8.06. The summed E-state index contributed by atoms with van der Waals surface area (Å²) < 4.78 is 13.2. The molecule has 1 N–H and O–H groups in total. The van der Waals surface area contributed by atoms with Crippen molar-refractivity contribution >= 4 is 29.1 Å². The number of para-hydroxylation sites is 1. The summed E-state index contributed by atoms with van der Waals surface area (Å²) in [5, 5.41) is 3.16. The third kappa shape index (κ3) is 6.13. The number of amides is 2. The van der Waals surface area contributed by atoms with Crippen LogP contribution in [0.15, 0.2) is 48.5 Å². The molecule has 5 nitrogen and oxygen atoms in total. The van der Waals surface area contributed by atoms with Gasteiger partial charge in [-0.3, -0.25) is 14.5 Å². The van der Waals surface area contributed by atoms with Crippen LogP contribution in [0.1, 0.15) is 5.56 Å². The van der Waals surface area contributed by atoms with Crippen LogP contribution in [0.2, 0.25) is 5.02 Å². The highest BCUT2D eigenvalue weighted by Crippen LogP contribution is 2.20. The standard InChI is InChI=1S/C19H21ClFN3O2/c1-23(12-18(25)22-17-9-4-3-8-16(17)20)13-19(26)24(2)11-14-6-5-7-15(21)10-14/h3-10H,11-13H2,1-2H3,(H,22,25). The van der Waals surface area contributed by atoms with Crippen LogP contribution < -0.4 is 5.32 Å². The van der Waals surface area contributed by atoms with Crippen molar-refractivity contribution in [3.8, 4) is 0 Å². The van der Waals surface area contributed by atoms with E-state index in [4.69, 9.17) is 11.6 Å². The Balaban J connectivity index is 1.82. The number of rotatable bonds is 7. The van der Waals surface area contributed by atoms with E-state index in [9.17, 15) is 14.0 Å². The Bertz CT molecular complexity index is 785. The number of carbonyl (C=O) groups is 2. The van der Waals surface area contributed by atoms with Gasteiger partial charge in [0.1, 0.15) is 5.82 Å². The van der Waals surface area contributed by atoms with Crippen LogP contribution in [-0.4, -0.2) is 48.8 Å². The number of nitrogens with zero attached hydrogens (tertiary/aromatic N) is 2. The Hall–Kier alpha value is -2.44. The molecule has 0 aliphatic rings. The molecule has 7 heteroatoms. The van der Waals surface area contributed by atoms with Gasteiger partial charge in [0.15, 0.2) is 0 Å². The molecule has 0 bridgehead atoms. The van der Waals surface area contributed by atoms with Gasteiger partial charge in [-0.25, -0.2) is 4.39 Å². The fourth-order valence-corrected chi connectivity index (χ4v) is 2.59. The Morgan fingerprint density at radius 1 is 1.08 bits per heavy atom. The first-order valence-corrected chi connectivity index (χ1v) is 8.44. The van der Waals surface area contributed by atoms with Gasteiger partial charge in [0.2, 0.25) is 11.8 Å². The van der Waals surface area contributed by atoms with E-state index >= 15 is 0 Å². The molecule has 0 unspecified atom stereocenters. The molecular weight excluding hydrogens is 357 g/mol. The number of hydrogen-bond acceptors (Lipinski definition) is 3. The molecule has 0 radical (unpaired) electrons. The molecule has 0 saturated carbocycles. The second kappa shape index (κ2) is 9.31. The Morgan fingerprint density at radius 3 is 2.50 bits per heavy atom. The lowest BCUT2D eigenvalue weighted by Crippen LogP contribution is -2.39. The lowest BCUT2D eigenvalue weighted by molar-refractivity contribution is -0.131. The van der Waals surface area contributed by atoms with Crippen LogP contribution in [0.25, 0.3) is 0 Å². The van der Waals surface area contributed by atoms with Gasteiger partial charge in [0, 0.05) is 13.6 Å². The number of hydrogen-bond donors (Lipinski definition) is 1. The number of carbonyl (C=O) groups excluding carboxylic acids is 2. The Labute approximate surface area is 157 Å². The molecule has 0 fully saturated rings. The molecule has 138 valence electrons. The summed E-state index contributed by atoms with van der Waals surface area (Å²) in [6.45, 7) is 0.419. The van der Waals surface area contributed by atoms with Crippen molar-refractivity contribution in [2.24, 2.45) is 0 Å². The van der Waals surface area contributed by atoms with E-state index < -0.39 is 0 Å². The van der Waals surface area contributed by atoms with E-state index in [1.807, 2.05) is 0 Å². The number of benzene rings is 2. The maximum absolute atomic E-state index is 13.2. The van der Waals surface area contributed by atoms with Crippen LogP contribution in [0.5, 0.6) is 0 Å². The zero-order chi connectivity index (χ0) is 19.1. The molecule has 2 aromatic rings. The number of anilines is 1. The summed E-state index contributed by atoms with van der Waals surface area (Å²) in [6, 6.07) is 13.1. The zero-order valence-electron chi connectivity index (χ0n) is 14.7. The van der Waals surface area contributed by atoms with Crippen LogP contribution in [0.4, 0.5) is 10.1 Å². The zero-order valence-corrected chi connectivity index (χ0v) is 15.5. The maximum Gasteiger partial charge on any atom is 0.238 e. The fraction of sp³-hybridized carbons (Fsp3) is 0.263. The third-order valence-corrected chi connectivity index (χ3v) is 4.03. The van der Waals surface area contributed by atoms with Gasteiger partial charge >= 0.3 is 0 Å². The highest BCUT2D eigenvalue weighted by molar-refractivity contribution is 6.33. The molecule has 2 amide bonds. The first kappa shape index (κ1) is 19.9. The summed E-state index contributed by atoms with van der Waals surface area (Å²) in [5.41, 5.74) is 1.24. The highest BCUT2D eigenvalue weighted by Gasteiger charge is 2.15. The maximum atomic E-state index is 13.2. The molecule has 26 heavy (non-hydrogen) atoms. The molecule has 2 aromatic carbocycles. The lowest BCUT2D eigenvalue weighted by atomic mass is 10.2. The van der Waals surface area contributed by atoms with Crippen molar-refractivity contribution in [3.05, 3.63) is 64.9 Å². The van der Waals surface area contributed by atoms with E-state index in [0.29, 0.717) is 22.8 Å². The monoisotopic (exact) mass is 377 g/mol. The summed E-state index contributed by atoms with van der Waals surface area (Å²) in [7, 11) is 3.32. The lowest BCUT2D eigenvalue weighted by Gasteiger charge is -2.22. The predicted molar refractivity (Wildman–Crippen MR) is 100 cm³/mol. The number of halogens is 2. The second-order valence-corrected chi connectivity index (χ2v) is 6.49. The molecular formula is C19H21ClFN3O2. The van der Waals surface area contributed by atoms with Crippen LogP contribution >= 0.6 is 11.6 Å². The third-order valence-electron chi connectivity index (χ3n) is 3.70. The van der Waals surface area contributed by atoms with E-state index in [2.05, 4.69) is 5.32 Å². The van der Waals surface area contributed by atoms with Crippen LogP contribution in [0, 0.1) is 5.82 Å². The molecule has 0 atom stereocenters. The molecule has 0 heterocycles. The average molecular weight is 378 g/mol. The molecule has 0 aliphatic heterocycles. The van der Waals surface area contributed by atoms with Crippen molar-refractivity contribution in [2.75, 3.05) is 32.5 Å². The van der Waals surface area contributed by atoms with Crippen LogP contribution in [0.3, 0.4) is 0 Å². The average Bonchev–Trinajstić information content (AvgIpc) is 2.56. The van der Waals surface area contributed by atoms with E-state index in [-0.39, 0.29) is 30.7 Å². The van der Waals surface area contributed by atoms with E-state index in [0.717, 1.165) is 0 Å². The summed E-state index contributed by atoms with van der Waals surface area (Å²) in [4.78, 5) is 27.5. The van der Waals surface area contributed by atoms with Crippen molar-refractivity contribution in [3.63, 3.8) is 0 Å².